The Morgan fingerprint density at radius 1 is 1.11 bits per heavy atom. The molecular weight excluding hydrogens is 360 g/mol. The number of carbonyl (C=O) groups is 2. The van der Waals surface area contributed by atoms with Crippen LogP contribution >= 0.6 is 0 Å². The number of aliphatic carboxylic acids is 1. The zero-order valence-electron chi connectivity index (χ0n) is 16.4. The summed E-state index contributed by atoms with van der Waals surface area (Å²) in [6, 6.07) is 10.6. The molecule has 0 atom stereocenters. The molecule has 1 amide bonds. The highest BCUT2D eigenvalue weighted by atomic mass is 16.5. The van der Waals surface area contributed by atoms with Crippen LogP contribution in [0.3, 0.4) is 0 Å². The van der Waals surface area contributed by atoms with Gasteiger partial charge in [0.2, 0.25) is 0 Å². The average molecular weight is 383 g/mol. The van der Waals surface area contributed by atoms with Gasteiger partial charge in [-0.25, -0.2) is 5.43 Å². The Bertz CT molecular complexity index is 906. The van der Waals surface area contributed by atoms with E-state index in [0.29, 0.717) is 28.3 Å². The van der Waals surface area contributed by atoms with E-state index >= 15 is 0 Å². The number of amides is 1. The molecule has 0 radical (unpaired) electrons. The van der Waals surface area contributed by atoms with E-state index in [1.54, 1.807) is 31.2 Å². The molecule has 0 heterocycles. The third kappa shape index (κ3) is 5.84. The number of hydrogen-bond acceptors (Lipinski definition) is 6. The summed E-state index contributed by atoms with van der Waals surface area (Å²) in [5, 5.41) is 14.9. The highest BCUT2D eigenvalue weighted by molar-refractivity contribution is 5.99. The molecule has 0 saturated carbocycles. The molecule has 0 bridgehead atoms. The Morgan fingerprint density at radius 3 is 2.50 bits per heavy atom. The number of aryl methyl sites for hydroxylation is 2. The van der Waals surface area contributed by atoms with E-state index in [1.165, 1.54) is 7.11 Å². The van der Waals surface area contributed by atoms with Crippen molar-refractivity contribution in [1.29, 1.82) is 0 Å². The molecule has 0 aromatic heterocycles. The molecule has 148 valence electrons. The van der Waals surface area contributed by atoms with Crippen molar-refractivity contribution in [2.75, 3.05) is 13.7 Å². The van der Waals surface area contributed by atoms with Gasteiger partial charge < -0.3 is 19.4 Å². The summed E-state index contributed by atoms with van der Waals surface area (Å²) >= 11 is 0. The number of carboxylic acid groups (broad SMARTS) is 1. The summed E-state index contributed by atoms with van der Waals surface area (Å²) in [7, 11) is 1.46. The van der Waals surface area contributed by atoms with E-state index in [-0.39, 0.29) is 13.0 Å². The second-order valence-corrected chi connectivity index (χ2v) is 6.34. The number of carboxylic acids is 1. The van der Waals surface area contributed by atoms with Crippen molar-refractivity contribution in [1.82, 2.24) is 5.43 Å². The second kappa shape index (κ2) is 9.55. The van der Waals surface area contributed by atoms with Crippen molar-refractivity contribution < 1.29 is 24.2 Å². The quantitative estimate of drug-likeness (QED) is 0.550. The van der Waals surface area contributed by atoms with Crippen molar-refractivity contribution in [2.45, 2.75) is 27.2 Å². The van der Waals surface area contributed by atoms with Gasteiger partial charge in [0.25, 0.3) is 5.91 Å². The number of nitrogens with zero attached hydrogens (tertiary/aromatic N) is 1. The van der Waals surface area contributed by atoms with Crippen molar-refractivity contribution in [2.24, 2.45) is 5.10 Å². The molecule has 2 aromatic rings. The largest absolute Gasteiger partial charge is 0.550 e. The van der Waals surface area contributed by atoms with Crippen LogP contribution in [0.25, 0.3) is 0 Å². The van der Waals surface area contributed by atoms with E-state index in [9.17, 15) is 14.7 Å². The lowest BCUT2D eigenvalue weighted by Crippen LogP contribution is -2.26. The Hall–Kier alpha value is -3.35. The van der Waals surface area contributed by atoms with Crippen LogP contribution in [0.1, 0.15) is 29.2 Å². The molecule has 2 aromatic carbocycles. The van der Waals surface area contributed by atoms with Gasteiger partial charge in [-0.2, -0.15) is 5.10 Å². The monoisotopic (exact) mass is 383 g/mol. The first-order valence-electron chi connectivity index (χ1n) is 8.70. The van der Waals surface area contributed by atoms with Crippen LogP contribution in [-0.2, 0) is 16.0 Å². The first-order valence-corrected chi connectivity index (χ1v) is 8.70. The number of ether oxygens (including phenoxy) is 2. The van der Waals surface area contributed by atoms with Crippen molar-refractivity contribution in [3.63, 3.8) is 0 Å². The normalized spacial score (nSPS) is 11.1. The third-order valence-electron chi connectivity index (χ3n) is 4.23. The lowest BCUT2D eigenvalue weighted by Gasteiger charge is -2.11. The SMILES string of the molecule is COc1ccc(/C(C)=N\NC(=O)COc2ccc(C)c(C)c2)cc1CC(=O)[O-]. The number of carbonyl (C=O) groups excluding carboxylic acids is 2. The van der Waals surface area contributed by atoms with Gasteiger partial charge in [-0.05, 0) is 67.8 Å². The first-order chi connectivity index (χ1) is 13.3. The molecule has 0 saturated heterocycles. The smallest absolute Gasteiger partial charge is 0.277 e. The van der Waals surface area contributed by atoms with Gasteiger partial charge in [-0.3, -0.25) is 4.79 Å². The number of rotatable bonds is 8. The fraction of sp³-hybridized carbons (Fsp3) is 0.286. The summed E-state index contributed by atoms with van der Waals surface area (Å²) < 4.78 is 10.6. The molecule has 0 spiro atoms. The topological polar surface area (TPSA) is 100 Å². The number of hydrazone groups is 1. The fourth-order valence-corrected chi connectivity index (χ4v) is 2.49. The van der Waals surface area contributed by atoms with E-state index in [0.717, 1.165) is 11.1 Å². The number of benzene rings is 2. The van der Waals surface area contributed by atoms with Gasteiger partial charge in [-0.15, -0.1) is 0 Å². The van der Waals surface area contributed by atoms with Gasteiger partial charge in [0, 0.05) is 18.0 Å². The minimum atomic E-state index is -1.21. The molecule has 0 aliphatic heterocycles. The van der Waals surface area contributed by atoms with Crippen LogP contribution in [0.5, 0.6) is 11.5 Å². The van der Waals surface area contributed by atoms with Crippen molar-refractivity contribution in [3.8, 4) is 11.5 Å². The molecule has 7 heteroatoms. The minimum absolute atomic E-state index is 0.169. The molecule has 0 aliphatic rings. The van der Waals surface area contributed by atoms with Crippen LogP contribution in [-0.4, -0.2) is 31.3 Å². The minimum Gasteiger partial charge on any atom is -0.550 e. The molecule has 2 rings (SSSR count). The number of hydrogen-bond donors (Lipinski definition) is 1. The van der Waals surface area contributed by atoms with E-state index in [2.05, 4.69) is 10.5 Å². The zero-order valence-corrected chi connectivity index (χ0v) is 16.4. The Labute approximate surface area is 164 Å². The maximum Gasteiger partial charge on any atom is 0.277 e. The summed E-state index contributed by atoms with van der Waals surface area (Å²) in [5.41, 5.74) is 6.31. The summed E-state index contributed by atoms with van der Waals surface area (Å²) in [6.07, 6.45) is -0.277. The summed E-state index contributed by atoms with van der Waals surface area (Å²) in [6.45, 7) is 5.51. The number of methoxy groups -OCH3 is 1. The van der Waals surface area contributed by atoms with Crippen LogP contribution < -0.4 is 20.0 Å². The molecule has 0 aliphatic carbocycles. The second-order valence-electron chi connectivity index (χ2n) is 6.34. The van der Waals surface area contributed by atoms with Gasteiger partial charge in [0.15, 0.2) is 6.61 Å². The molecule has 0 unspecified atom stereocenters. The maximum atomic E-state index is 12.0. The van der Waals surface area contributed by atoms with Crippen LogP contribution in [0, 0.1) is 13.8 Å². The standard InChI is InChI=1S/C21H24N2O5/c1-13-5-7-18(9-14(13)2)28-12-20(24)23-22-15(3)16-6-8-19(27-4)17(10-16)11-21(25)26/h5-10H,11-12H2,1-4H3,(H,23,24)(H,25,26)/p-1/b22-15-. The Morgan fingerprint density at radius 2 is 1.86 bits per heavy atom. The Balaban J connectivity index is 1.99. The predicted octanol–water partition coefficient (Wildman–Crippen LogP) is 1.52. The first kappa shape index (κ1) is 21.0. The predicted molar refractivity (Wildman–Crippen MR) is 103 cm³/mol. The van der Waals surface area contributed by atoms with Crippen LogP contribution in [0.4, 0.5) is 0 Å². The zero-order chi connectivity index (χ0) is 20.7. The van der Waals surface area contributed by atoms with E-state index < -0.39 is 11.9 Å². The van der Waals surface area contributed by atoms with Crippen LogP contribution in [0.2, 0.25) is 0 Å². The summed E-state index contributed by atoms with van der Waals surface area (Å²) in [4.78, 5) is 22.9. The third-order valence-corrected chi connectivity index (χ3v) is 4.23. The lowest BCUT2D eigenvalue weighted by atomic mass is 10.0. The number of nitrogens with one attached hydrogen (secondary N) is 1. The Kier molecular flexibility index (Phi) is 7.14. The molecule has 7 nitrogen and oxygen atoms in total. The van der Waals surface area contributed by atoms with E-state index in [1.807, 2.05) is 26.0 Å². The van der Waals surface area contributed by atoms with Gasteiger partial charge in [0.05, 0.1) is 12.8 Å². The average Bonchev–Trinajstić information content (AvgIpc) is 2.66. The molecule has 1 N–H and O–H groups in total. The fourth-order valence-electron chi connectivity index (χ4n) is 2.49. The molecule has 0 fully saturated rings. The van der Waals surface area contributed by atoms with Gasteiger partial charge in [-0.1, -0.05) is 6.07 Å². The van der Waals surface area contributed by atoms with Crippen molar-refractivity contribution in [3.05, 3.63) is 58.7 Å². The van der Waals surface area contributed by atoms with Crippen LogP contribution in [0.15, 0.2) is 41.5 Å². The van der Waals surface area contributed by atoms with Crippen molar-refractivity contribution >= 4 is 17.6 Å². The highest BCUT2D eigenvalue weighted by Gasteiger charge is 2.08. The lowest BCUT2D eigenvalue weighted by molar-refractivity contribution is -0.304. The highest BCUT2D eigenvalue weighted by Crippen LogP contribution is 2.21. The molecular formula is C21H23N2O5-. The molecule has 28 heavy (non-hydrogen) atoms. The van der Waals surface area contributed by atoms with Gasteiger partial charge >= 0.3 is 0 Å². The summed E-state index contributed by atoms with van der Waals surface area (Å²) in [5.74, 6) is -0.546. The van der Waals surface area contributed by atoms with Gasteiger partial charge in [0.1, 0.15) is 11.5 Å². The van der Waals surface area contributed by atoms with E-state index in [4.69, 9.17) is 9.47 Å². The maximum absolute atomic E-state index is 12.0.